The van der Waals surface area contributed by atoms with E-state index in [4.69, 9.17) is 16.1 Å². The fourth-order valence-electron chi connectivity index (χ4n) is 3.33. The number of halogens is 1. The summed E-state index contributed by atoms with van der Waals surface area (Å²) in [4.78, 5) is 0. The van der Waals surface area contributed by atoms with E-state index < -0.39 is 10.0 Å². The van der Waals surface area contributed by atoms with Gasteiger partial charge < -0.3 is 9.84 Å². The van der Waals surface area contributed by atoms with Crippen LogP contribution in [0, 0.1) is 0 Å². The summed E-state index contributed by atoms with van der Waals surface area (Å²) in [6.07, 6.45) is 0. The molecule has 1 unspecified atom stereocenters. The van der Waals surface area contributed by atoms with E-state index in [1.165, 1.54) is 4.31 Å². The Kier molecular flexibility index (Phi) is 4.71. The van der Waals surface area contributed by atoms with Gasteiger partial charge in [0.15, 0.2) is 5.58 Å². The van der Waals surface area contributed by atoms with Crippen LogP contribution in [0.5, 0.6) is 0 Å². The Morgan fingerprint density at radius 1 is 1.19 bits per heavy atom. The molecule has 1 aliphatic heterocycles. The maximum absolute atomic E-state index is 13.2. The first-order valence-corrected chi connectivity index (χ1v) is 10.3. The number of fused-ring (bicyclic) bond motifs is 1. The molecule has 2 aromatic carbocycles. The lowest BCUT2D eigenvalue weighted by atomic mass is 10.1. The number of hydrogen-bond acceptors (Lipinski definition) is 5. The van der Waals surface area contributed by atoms with E-state index in [9.17, 15) is 8.42 Å². The van der Waals surface area contributed by atoms with Crippen LogP contribution in [0.25, 0.3) is 11.0 Å². The number of hydrogen-bond donors (Lipinski definition) is 1. The molecule has 3 aromatic rings. The standard InChI is InChI=1S/C18H18ClN3O3S/c19-15-7-3-1-5-13(15)17-11-20-9-10-22(17)26(23,24)12-16-14-6-2-4-8-18(14)25-21-16/h1-8,17,20H,9-12H2. The van der Waals surface area contributed by atoms with Crippen LogP contribution in [-0.2, 0) is 15.8 Å². The third-order valence-electron chi connectivity index (χ3n) is 4.59. The highest BCUT2D eigenvalue weighted by Crippen LogP contribution is 2.32. The van der Waals surface area contributed by atoms with E-state index in [2.05, 4.69) is 10.5 Å². The van der Waals surface area contributed by atoms with Gasteiger partial charge in [-0.15, -0.1) is 0 Å². The first kappa shape index (κ1) is 17.5. The molecule has 1 aromatic heterocycles. The third-order valence-corrected chi connectivity index (χ3v) is 6.72. The summed E-state index contributed by atoms with van der Waals surface area (Å²) in [6.45, 7) is 1.50. The van der Waals surface area contributed by atoms with Gasteiger partial charge in [0, 0.05) is 30.0 Å². The first-order chi connectivity index (χ1) is 12.6. The maximum Gasteiger partial charge on any atom is 0.220 e. The van der Waals surface area contributed by atoms with Crippen LogP contribution in [0.15, 0.2) is 53.1 Å². The molecule has 0 spiro atoms. The summed E-state index contributed by atoms with van der Waals surface area (Å²) >= 11 is 6.32. The maximum atomic E-state index is 13.2. The van der Waals surface area contributed by atoms with E-state index in [1.807, 2.05) is 36.4 Å². The molecule has 0 aliphatic carbocycles. The Morgan fingerprint density at radius 3 is 2.81 bits per heavy atom. The molecule has 1 aliphatic rings. The zero-order valence-corrected chi connectivity index (χ0v) is 15.5. The summed E-state index contributed by atoms with van der Waals surface area (Å²) in [6, 6.07) is 14.3. The van der Waals surface area contributed by atoms with Gasteiger partial charge in [0.05, 0.1) is 6.04 Å². The second-order valence-electron chi connectivity index (χ2n) is 6.23. The van der Waals surface area contributed by atoms with E-state index in [1.54, 1.807) is 12.1 Å². The number of sulfonamides is 1. The van der Waals surface area contributed by atoms with Gasteiger partial charge in [-0.05, 0) is 23.8 Å². The predicted molar refractivity (Wildman–Crippen MR) is 100 cm³/mol. The van der Waals surface area contributed by atoms with Gasteiger partial charge in [0.1, 0.15) is 11.4 Å². The number of nitrogens with zero attached hydrogens (tertiary/aromatic N) is 2. The summed E-state index contributed by atoms with van der Waals surface area (Å²) in [5, 5.41) is 8.51. The summed E-state index contributed by atoms with van der Waals surface area (Å²) in [5.41, 5.74) is 1.81. The van der Waals surface area contributed by atoms with Crippen molar-refractivity contribution >= 4 is 32.6 Å². The molecule has 2 heterocycles. The van der Waals surface area contributed by atoms with Crippen molar-refractivity contribution < 1.29 is 12.9 Å². The number of aromatic nitrogens is 1. The quantitative estimate of drug-likeness (QED) is 0.740. The van der Waals surface area contributed by atoms with E-state index >= 15 is 0 Å². The molecule has 8 heteroatoms. The number of nitrogens with one attached hydrogen (secondary N) is 1. The minimum atomic E-state index is -3.60. The van der Waals surface area contributed by atoms with Crippen LogP contribution < -0.4 is 5.32 Å². The van der Waals surface area contributed by atoms with Crippen LogP contribution in [0.2, 0.25) is 5.02 Å². The molecule has 0 bridgehead atoms. The fourth-order valence-corrected chi connectivity index (χ4v) is 5.25. The summed E-state index contributed by atoms with van der Waals surface area (Å²) < 4.78 is 33.1. The van der Waals surface area contributed by atoms with Crippen LogP contribution in [-0.4, -0.2) is 37.5 Å². The molecule has 1 atom stereocenters. The van der Waals surface area contributed by atoms with Gasteiger partial charge in [-0.2, -0.15) is 4.31 Å². The second kappa shape index (κ2) is 7.00. The minimum Gasteiger partial charge on any atom is -0.356 e. The largest absolute Gasteiger partial charge is 0.356 e. The van der Waals surface area contributed by atoms with Crippen molar-refractivity contribution in [3.63, 3.8) is 0 Å². The molecule has 4 rings (SSSR count). The average molecular weight is 392 g/mol. The SMILES string of the molecule is O=S(=O)(Cc1noc2ccccc12)N1CCNCC1c1ccccc1Cl. The normalized spacial score (nSPS) is 19.0. The number of benzene rings is 2. The molecular formula is C18H18ClN3O3S. The van der Waals surface area contributed by atoms with Crippen molar-refractivity contribution in [1.82, 2.24) is 14.8 Å². The highest BCUT2D eigenvalue weighted by atomic mass is 35.5. The zero-order chi connectivity index (χ0) is 18.1. The Morgan fingerprint density at radius 2 is 1.96 bits per heavy atom. The lowest BCUT2D eigenvalue weighted by molar-refractivity contribution is 0.271. The Hall–Kier alpha value is -1.93. The zero-order valence-electron chi connectivity index (χ0n) is 13.9. The Bertz CT molecular complexity index is 1030. The second-order valence-corrected chi connectivity index (χ2v) is 8.56. The monoisotopic (exact) mass is 391 g/mol. The first-order valence-electron chi connectivity index (χ1n) is 8.34. The summed E-state index contributed by atoms with van der Waals surface area (Å²) in [5.74, 6) is -0.203. The highest BCUT2D eigenvalue weighted by Gasteiger charge is 2.35. The van der Waals surface area contributed by atoms with Gasteiger partial charge in [-0.25, -0.2) is 8.42 Å². The highest BCUT2D eigenvalue weighted by molar-refractivity contribution is 7.88. The minimum absolute atomic E-state index is 0.203. The Labute approximate surface area is 156 Å². The van der Waals surface area contributed by atoms with Crippen molar-refractivity contribution in [3.8, 4) is 0 Å². The van der Waals surface area contributed by atoms with Crippen LogP contribution in [0.3, 0.4) is 0 Å². The molecule has 0 amide bonds. The number of rotatable bonds is 4. The van der Waals surface area contributed by atoms with Crippen molar-refractivity contribution in [2.24, 2.45) is 0 Å². The molecule has 26 heavy (non-hydrogen) atoms. The van der Waals surface area contributed by atoms with Crippen LogP contribution in [0.4, 0.5) is 0 Å². The molecule has 136 valence electrons. The molecular weight excluding hydrogens is 374 g/mol. The molecule has 1 N–H and O–H groups in total. The topological polar surface area (TPSA) is 75.4 Å². The number of piperazine rings is 1. The van der Waals surface area contributed by atoms with Gasteiger partial charge in [0.25, 0.3) is 0 Å². The lowest BCUT2D eigenvalue weighted by Crippen LogP contribution is -2.49. The van der Waals surface area contributed by atoms with Crippen molar-refractivity contribution in [1.29, 1.82) is 0 Å². The van der Waals surface area contributed by atoms with Crippen LogP contribution in [0.1, 0.15) is 17.3 Å². The molecule has 0 saturated carbocycles. The van der Waals surface area contributed by atoms with Gasteiger partial charge >= 0.3 is 0 Å². The van der Waals surface area contributed by atoms with E-state index in [0.717, 1.165) is 10.9 Å². The van der Waals surface area contributed by atoms with Gasteiger partial charge in [0.2, 0.25) is 10.0 Å². The summed E-state index contributed by atoms with van der Waals surface area (Å²) in [7, 11) is -3.60. The van der Waals surface area contributed by atoms with Crippen LogP contribution >= 0.6 is 11.6 Å². The van der Waals surface area contributed by atoms with E-state index in [0.29, 0.717) is 35.9 Å². The average Bonchev–Trinajstić information content (AvgIpc) is 3.05. The fraction of sp³-hybridized carbons (Fsp3) is 0.278. The molecule has 0 radical (unpaired) electrons. The lowest BCUT2D eigenvalue weighted by Gasteiger charge is -2.35. The van der Waals surface area contributed by atoms with Gasteiger partial charge in [-0.3, -0.25) is 0 Å². The smallest absolute Gasteiger partial charge is 0.220 e. The molecule has 1 fully saturated rings. The number of para-hydroxylation sites is 1. The molecule has 6 nitrogen and oxygen atoms in total. The molecule has 1 saturated heterocycles. The Balaban J connectivity index is 1.68. The predicted octanol–water partition coefficient (Wildman–Crippen LogP) is 2.96. The van der Waals surface area contributed by atoms with E-state index in [-0.39, 0.29) is 11.8 Å². The van der Waals surface area contributed by atoms with Crippen molar-refractivity contribution in [3.05, 3.63) is 64.8 Å². The van der Waals surface area contributed by atoms with Gasteiger partial charge in [-0.1, -0.05) is 47.1 Å². The van der Waals surface area contributed by atoms with Crippen molar-refractivity contribution in [2.75, 3.05) is 19.6 Å². The third kappa shape index (κ3) is 3.23. The van der Waals surface area contributed by atoms with Crippen molar-refractivity contribution in [2.45, 2.75) is 11.8 Å².